The van der Waals surface area contributed by atoms with Gasteiger partial charge in [0.05, 0.1) is 17.1 Å². The van der Waals surface area contributed by atoms with Crippen molar-refractivity contribution in [2.45, 2.75) is 104 Å². The van der Waals surface area contributed by atoms with E-state index in [1.807, 2.05) is 0 Å². The average Bonchev–Trinajstić information content (AvgIpc) is 3.37. The summed E-state index contributed by atoms with van der Waals surface area (Å²) >= 11 is 0. The monoisotopic (exact) mass is 462 g/mol. The van der Waals surface area contributed by atoms with Gasteiger partial charge >= 0.3 is 0 Å². The van der Waals surface area contributed by atoms with E-state index in [-0.39, 0.29) is 6.10 Å². The molecule has 0 aliphatic heterocycles. The van der Waals surface area contributed by atoms with Crippen LogP contribution in [0.25, 0.3) is 11.0 Å². The van der Waals surface area contributed by atoms with Gasteiger partial charge in [0, 0.05) is 6.42 Å². The van der Waals surface area contributed by atoms with E-state index >= 15 is 0 Å². The molecule has 0 unspecified atom stereocenters. The molecule has 34 heavy (non-hydrogen) atoms. The molecule has 1 aromatic heterocycles. The number of aryl methyl sites for hydroxylation is 2. The fraction of sp³-hybridized carbons (Fsp3) is 0.774. The first-order valence-electron chi connectivity index (χ1n) is 14.4. The first kappa shape index (κ1) is 23.1. The number of hydrogen-bond acceptors (Lipinski definition) is 2. The minimum absolute atomic E-state index is 0.0315. The lowest BCUT2D eigenvalue weighted by Gasteiger charge is -2.61. The Bertz CT molecular complexity index is 1040. The molecule has 0 radical (unpaired) electrons. The SMILES string of the molecule is Cc1ccc2nc(CC[C@@H](C)[C@@H]3CC[C@H]4[C@H]5CC[C@@H]6C[C@@H](O)CC[C@]6(C)[C@@H]5CC[C@@]43C)[nH]c2c1. The summed E-state index contributed by atoms with van der Waals surface area (Å²) in [5.74, 6) is 6.34. The molecular weight excluding hydrogens is 416 g/mol. The van der Waals surface area contributed by atoms with Crippen LogP contribution in [-0.2, 0) is 6.42 Å². The zero-order chi connectivity index (χ0) is 23.7. The molecule has 3 heteroatoms. The van der Waals surface area contributed by atoms with Crippen molar-refractivity contribution in [3.05, 3.63) is 29.6 Å². The fourth-order valence-electron chi connectivity index (χ4n) is 10.1. The highest BCUT2D eigenvalue weighted by Gasteiger charge is 2.60. The van der Waals surface area contributed by atoms with Crippen LogP contribution in [0, 0.1) is 53.3 Å². The van der Waals surface area contributed by atoms with Crippen LogP contribution in [0.2, 0.25) is 0 Å². The number of hydrogen-bond donors (Lipinski definition) is 2. The number of rotatable bonds is 4. The zero-order valence-electron chi connectivity index (χ0n) is 21.9. The predicted octanol–water partition coefficient (Wildman–Crippen LogP) is 7.46. The number of aliphatic hydroxyl groups is 1. The summed E-state index contributed by atoms with van der Waals surface area (Å²) in [7, 11) is 0. The molecule has 4 fully saturated rings. The van der Waals surface area contributed by atoms with Gasteiger partial charge < -0.3 is 10.1 Å². The van der Waals surface area contributed by atoms with E-state index in [1.54, 1.807) is 0 Å². The van der Waals surface area contributed by atoms with Crippen LogP contribution >= 0.6 is 0 Å². The first-order valence-corrected chi connectivity index (χ1v) is 14.4. The number of fused-ring (bicyclic) bond motifs is 6. The molecule has 0 spiro atoms. The lowest BCUT2D eigenvalue weighted by atomic mass is 9.44. The largest absolute Gasteiger partial charge is 0.393 e. The molecule has 1 heterocycles. The normalized spacial score (nSPS) is 42.7. The standard InChI is InChI=1S/C31H46N2O/c1-19-5-11-27-28(17-19)33-29(32-27)12-6-20(2)24-9-10-25-23-8-7-21-18-22(34)13-15-30(21,3)26(23)14-16-31(24,25)4/h5,11,17,20-26,34H,6-10,12-16,18H2,1-4H3,(H,32,33)/t20-,21-,22+,23-,24+,25+,26-,30+,31-/m1/s1. The molecule has 3 nitrogen and oxygen atoms in total. The maximum absolute atomic E-state index is 10.3. The molecule has 2 aromatic rings. The third-order valence-corrected chi connectivity index (χ3v) is 11.9. The van der Waals surface area contributed by atoms with E-state index in [2.05, 4.69) is 50.9 Å². The molecule has 4 aliphatic carbocycles. The van der Waals surface area contributed by atoms with Gasteiger partial charge in [-0.1, -0.05) is 26.8 Å². The fourth-order valence-corrected chi connectivity index (χ4v) is 10.1. The molecule has 0 bridgehead atoms. The van der Waals surface area contributed by atoms with Gasteiger partial charge in [0.2, 0.25) is 0 Å². The second-order valence-electron chi connectivity index (χ2n) is 13.5. The van der Waals surface area contributed by atoms with Crippen molar-refractivity contribution in [3.8, 4) is 0 Å². The Morgan fingerprint density at radius 2 is 1.82 bits per heavy atom. The summed E-state index contributed by atoms with van der Waals surface area (Å²) < 4.78 is 0. The van der Waals surface area contributed by atoms with E-state index < -0.39 is 0 Å². The molecule has 0 saturated heterocycles. The smallest absolute Gasteiger partial charge is 0.107 e. The van der Waals surface area contributed by atoms with E-state index in [0.29, 0.717) is 10.8 Å². The molecule has 2 N–H and O–H groups in total. The van der Waals surface area contributed by atoms with E-state index in [1.165, 1.54) is 68.3 Å². The van der Waals surface area contributed by atoms with Gasteiger partial charge in [-0.25, -0.2) is 4.98 Å². The summed E-state index contributed by atoms with van der Waals surface area (Å²) in [6.45, 7) is 9.99. The number of nitrogens with zero attached hydrogens (tertiary/aromatic N) is 1. The van der Waals surface area contributed by atoms with Crippen LogP contribution < -0.4 is 0 Å². The molecule has 4 saturated carbocycles. The maximum Gasteiger partial charge on any atom is 0.107 e. The van der Waals surface area contributed by atoms with Crippen LogP contribution in [0.3, 0.4) is 0 Å². The maximum atomic E-state index is 10.3. The van der Waals surface area contributed by atoms with Crippen molar-refractivity contribution in [1.29, 1.82) is 0 Å². The molecule has 1 aromatic carbocycles. The van der Waals surface area contributed by atoms with E-state index in [4.69, 9.17) is 4.98 Å². The number of aromatic amines is 1. The first-order chi connectivity index (χ1) is 16.3. The molecule has 9 atom stereocenters. The van der Waals surface area contributed by atoms with E-state index in [0.717, 1.165) is 60.3 Å². The Hall–Kier alpha value is -1.35. The van der Waals surface area contributed by atoms with Crippen molar-refractivity contribution < 1.29 is 5.11 Å². The minimum Gasteiger partial charge on any atom is -0.393 e. The van der Waals surface area contributed by atoms with Crippen LogP contribution in [0.15, 0.2) is 18.2 Å². The topological polar surface area (TPSA) is 48.9 Å². The third-order valence-electron chi connectivity index (χ3n) is 11.9. The third kappa shape index (κ3) is 3.59. The van der Waals surface area contributed by atoms with Crippen molar-refractivity contribution >= 4 is 11.0 Å². The van der Waals surface area contributed by atoms with Crippen LogP contribution in [0.5, 0.6) is 0 Å². The Morgan fingerprint density at radius 3 is 2.68 bits per heavy atom. The molecule has 4 aliphatic rings. The Balaban J connectivity index is 1.15. The zero-order valence-corrected chi connectivity index (χ0v) is 21.9. The summed E-state index contributed by atoms with van der Waals surface area (Å²) in [6, 6.07) is 6.53. The van der Waals surface area contributed by atoms with Gasteiger partial charge in [-0.15, -0.1) is 0 Å². The van der Waals surface area contributed by atoms with Gasteiger partial charge in [-0.2, -0.15) is 0 Å². The second kappa shape index (κ2) is 8.36. The summed E-state index contributed by atoms with van der Waals surface area (Å²) in [6.07, 6.45) is 14.2. The van der Waals surface area contributed by atoms with Crippen molar-refractivity contribution in [2.24, 2.45) is 46.3 Å². The van der Waals surface area contributed by atoms with Crippen LogP contribution in [0.1, 0.15) is 96.4 Å². The summed E-state index contributed by atoms with van der Waals surface area (Å²) in [5, 5.41) is 10.3. The molecular formula is C31H46N2O. The van der Waals surface area contributed by atoms with Gasteiger partial charge in [-0.05, 0) is 135 Å². The number of aliphatic hydroxyl groups excluding tert-OH is 1. The van der Waals surface area contributed by atoms with Gasteiger partial charge in [-0.3, -0.25) is 0 Å². The Kier molecular flexibility index (Phi) is 5.67. The van der Waals surface area contributed by atoms with Crippen molar-refractivity contribution in [2.75, 3.05) is 0 Å². The number of nitrogens with one attached hydrogen (secondary N) is 1. The van der Waals surface area contributed by atoms with Crippen molar-refractivity contribution in [3.63, 3.8) is 0 Å². The minimum atomic E-state index is -0.0315. The van der Waals surface area contributed by atoms with Gasteiger partial charge in [0.25, 0.3) is 0 Å². The molecule has 0 amide bonds. The number of imidazole rings is 1. The van der Waals surface area contributed by atoms with Gasteiger partial charge in [0.15, 0.2) is 0 Å². The molecule has 6 rings (SSSR count). The quantitative estimate of drug-likeness (QED) is 0.495. The highest BCUT2D eigenvalue weighted by molar-refractivity contribution is 5.75. The summed E-state index contributed by atoms with van der Waals surface area (Å²) in [5.41, 5.74) is 4.62. The number of benzene rings is 1. The molecule has 186 valence electrons. The van der Waals surface area contributed by atoms with Crippen molar-refractivity contribution in [1.82, 2.24) is 9.97 Å². The Morgan fingerprint density at radius 1 is 1.03 bits per heavy atom. The lowest BCUT2D eigenvalue weighted by Crippen LogP contribution is -2.54. The number of H-pyrrole nitrogens is 1. The predicted molar refractivity (Wildman–Crippen MR) is 140 cm³/mol. The summed E-state index contributed by atoms with van der Waals surface area (Å²) in [4.78, 5) is 8.47. The lowest BCUT2D eigenvalue weighted by molar-refractivity contribution is -0.129. The highest BCUT2D eigenvalue weighted by atomic mass is 16.3. The highest BCUT2D eigenvalue weighted by Crippen LogP contribution is 2.68. The van der Waals surface area contributed by atoms with Crippen LogP contribution in [-0.4, -0.2) is 21.2 Å². The second-order valence-corrected chi connectivity index (χ2v) is 13.5. The average molecular weight is 463 g/mol. The van der Waals surface area contributed by atoms with Gasteiger partial charge in [0.1, 0.15) is 5.82 Å². The van der Waals surface area contributed by atoms with E-state index in [9.17, 15) is 5.11 Å². The number of aromatic nitrogens is 2. The Labute approximate surface area is 206 Å². The van der Waals surface area contributed by atoms with Crippen LogP contribution in [0.4, 0.5) is 0 Å².